The molecule has 4 rings (SSSR count). The van der Waals surface area contributed by atoms with E-state index in [-0.39, 0.29) is 4.90 Å². The zero-order chi connectivity index (χ0) is 20.1. The second-order valence-corrected chi connectivity index (χ2v) is 9.83. The number of benzene rings is 1. The summed E-state index contributed by atoms with van der Waals surface area (Å²) in [4.78, 5) is 9.00. The van der Waals surface area contributed by atoms with E-state index in [2.05, 4.69) is 15.1 Å². The molecule has 29 heavy (non-hydrogen) atoms. The Morgan fingerprint density at radius 2 is 1.86 bits per heavy atom. The molecular weight excluding hydrogens is 408 g/mol. The van der Waals surface area contributed by atoms with Gasteiger partial charge in [-0.1, -0.05) is 35.5 Å². The predicted molar refractivity (Wildman–Crippen MR) is 111 cm³/mol. The molecule has 0 N–H and O–H groups in total. The average molecular weight is 431 g/mol. The third-order valence-electron chi connectivity index (χ3n) is 4.70. The number of thioether (sulfide) groups is 1. The summed E-state index contributed by atoms with van der Waals surface area (Å²) < 4.78 is 31.9. The normalized spacial score (nSPS) is 15.0. The average Bonchev–Trinajstić information content (AvgIpc) is 3.45. The number of hydrogen-bond acceptors (Lipinski definition) is 7. The largest absolute Gasteiger partial charge is 0.339 e. The molecule has 152 valence electrons. The molecular formula is C20H22N4O3S2. The Bertz CT molecular complexity index is 1030. The van der Waals surface area contributed by atoms with Gasteiger partial charge in [0.15, 0.2) is 0 Å². The first-order valence-corrected chi connectivity index (χ1v) is 12.0. The summed E-state index contributed by atoms with van der Waals surface area (Å²) in [6.07, 6.45) is 4.85. The van der Waals surface area contributed by atoms with Crippen LogP contribution in [0.4, 0.5) is 0 Å². The first kappa shape index (κ1) is 20.1. The summed E-state index contributed by atoms with van der Waals surface area (Å²) in [5.74, 6) is 2.04. The summed E-state index contributed by atoms with van der Waals surface area (Å²) in [5.41, 5.74) is 0.935. The third-order valence-corrected chi connectivity index (χ3v) is 7.61. The fourth-order valence-corrected chi connectivity index (χ4v) is 5.40. The summed E-state index contributed by atoms with van der Waals surface area (Å²) >= 11 is 1.59. The van der Waals surface area contributed by atoms with Gasteiger partial charge in [-0.25, -0.2) is 13.4 Å². The van der Waals surface area contributed by atoms with Crippen molar-refractivity contribution < 1.29 is 12.9 Å². The highest BCUT2D eigenvalue weighted by molar-refractivity contribution is 7.99. The minimum absolute atomic E-state index is 0.267. The van der Waals surface area contributed by atoms with Gasteiger partial charge in [0.05, 0.1) is 5.03 Å². The predicted octanol–water partition coefficient (Wildman–Crippen LogP) is 3.64. The van der Waals surface area contributed by atoms with Crippen LogP contribution in [0.15, 0.2) is 63.1 Å². The van der Waals surface area contributed by atoms with Crippen molar-refractivity contribution >= 4 is 21.8 Å². The first-order chi connectivity index (χ1) is 14.1. The highest BCUT2D eigenvalue weighted by atomic mass is 32.2. The summed E-state index contributed by atoms with van der Waals surface area (Å²) in [6.45, 7) is 1.20. The molecule has 3 heterocycles. The van der Waals surface area contributed by atoms with Crippen LogP contribution < -0.4 is 0 Å². The van der Waals surface area contributed by atoms with E-state index in [1.165, 1.54) is 10.5 Å². The molecule has 1 aliphatic rings. The van der Waals surface area contributed by atoms with Gasteiger partial charge < -0.3 is 4.52 Å². The van der Waals surface area contributed by atoms with Crippen LogP contribution in [-0.4, -0.2) is 46.7 Å². The highest BCUT2D eigenvalue weighted by Gasteiger charge is 2.27. The van der Waals surface area contributed by atoms with Gasteiger partial charge in [-0.15, -0.1) is 11.8 Å². The number of sulfonamides is 1. The molecule has 1 aromatic carbocycles. The monoisotopic (exact) mass is 430 g/mol. The third kappa shape index (κ3) is 4.85. The van der Waals surface area contributed by atoms with E-state index in [1.54, 1.807) is 23.9 Å². The maximum Gasteiger partial charge on any atom is 0.244 e. The topological polar surface area (TPSA) is 89.2 Å². The quantitative estimate of drug-likeness (QED) is 0.398. The van der Waals surface area contributed by atoms with Crippen LogP contribution in [0.2, 0.25) is 0 Å². The standard InChI is InChI=1S/C20H22N4O3S2/c25-29(26,24-12-4-5-13-24)17-10-11-19(21-15-17)28-14-6-9-18-22-20(23-27-18)16-7-2-1-3-8-16/h1-3,7-8,10-11,15H,4-6,9,12-14H2. The van der Waals surface area contributed by atoms with Gasteiger partial charge >= 0.3 is 0 Å². The van der Waals surface area contributed by atoms with Crippen molar-refractivity contribution in [1.29, 1.82) is 0 Å². The van der Waals surface area contributed by atoms with Crippen molar-refractivity contribution in [2.24, 2.45) is 0 Å². The van der Waals surface area contributed by atoms with E-state index in [0.717, 1.165) is 35.6 Å². The Kier molecular flexibility index (Phi) is 6.27. The summed E-state index contributed by atoms with van der Waals surface area (Å²) in [5, 5.41) is 4.83. The second kappa shape index (κ2) is 9.06. The van der Waals surface area contributed by atoms with Gasteiger partial charge in [-0.2, -0.15) is 9.29 Å². The summed E-state index contributed by atoms with van der Waals surface area (Å²) in [7, 11) is -3.40. The van der Waals surface area contributed by atoms with Gasteiger partial charge in [0.1, 0.15) is 4.90 Å². The van der Waals surface area contributed by atoms with Crippen LogP contribution in [0.25, 0.3) is 11.4 Å². The molecule has 0 saturated carbocycles. The van der Waals surface area contributed by atoms with Crippen LogP contribution >= 0.6 is 11.8 Å². The molecule has 0 spiro atoms. The van der Waals surface area contributed by atoms with Crippen molar-refractivity contribution in [3.8, 4) is 11.4 Å². The maximum absolute atomic E-state index is 12.5. The SMILES string of the molecule is O=S(=O)(c1ccc(SCCCc2nc(-c3ccccc3)no2)nc1)N1CCCC1. The Labute approximate surface area is 174 Å². The van der Waals surface area contributed by atoms with E-state index in [4.69, 9.17) is 4.52 Å². The van der Waals surface area contributed by atoms with E-state index in [9.17, 15) is 8.42 Å². The van der Waals surface area contributed by atoms with E-state index in [0.29, 0.717) is 31.2 Å². The molecule has 0 atom stereocenters. The number of aromatic nitrogens is 3. The van der Waals surface area contributed by atoms with Crippen LogP contribution in [0, 0.1) is 0 Å². The van der Waals surface area contributed by atoms with Gasteiger partial charge in [-0.05, 0) is 37.1 Å². The molecule has 0 amide bonds. The molecule has 0 unspecified atom stereocenters. The minimum atomic E-state index is -3.40. The lowest BCUT2D eigenvalue weighted by Gasteiger charge is -2.15. The number of rotatable bonds is 8. The first-order valence-electron chi connectivity index (χ1n) is 9.60. The van der Waals surface area contributed by atoms with Crippen molar-refractivity contribution in [2.75, 3.05) is 18.8 Å². The Morgan fingerprint density at radius 1 is 1.07 bits per heavy atom. The van der Waals surface area contributed by atoms with Crippen molar-refractivity contribution in [3.05, 3.63) is 54.6 Å². The van der Waals surface area contributed by atoms with Gasteiger partial charge in [0, 0.05) is 31.3 Å². The van der Waals surface area contributed by atoms with Crippen molar-refractivity contribution in [3.63, 3.8) is 0 Å². The van der Waals surface area contributed by atoms with Gasteiger partial charge in [0.2, 0.25) is 21.7 Å². The van der Waals surface area contributed by atoms with Gasteiger partial charge in [0.25, 0.3) is 0 Å². The molecule has 2 aromatic heterocycles. The van der Waals surface area contributed by atoms with E-state index >= 15 is 0 Å². The van der Waals surface area contributed by atoms with Crippen molar-refractivity contribution in [2.45, 2.75) is 35.6 Å². The molecule has 0 aliphatic carbocycles. The number of aryl methyl sites for hydroxylation is 1. The number of nitrogens with zero attached hydrogens (tertiary/aromatic N) is 4. The Balaban J connectivity index is 1.26. The highest BCUT2D eigenvalue weighted by Crippen LogP contribution is 2.23. The van der Waals surface area contributed by atoms with E-state index in [1.807, 2.05) is 30.3 Å². The zero-order valence-corrected chi connectivity index (χ0v) is 17.5. The molecule has 3 aromatic rings. The van der Waals surface area contributed by atoms with Crippen molar-refractivity contribution in [1.82, 2.24) is 19.4 Å². The lowest BCUT2D eigenvalue weighted by Crippen LogP contribution is -2.27. The lowest BCUT2D eigenvalue weighted by atomic mass is 10.2. The number of pyridine rings is 1. The summed E-state index contributed by atoms with van der Waals surface area (Å²) in [6, 6.07) is 13.1. The molecule has 1 saturated heterocycles. The maximum atomic E-state index is 12.5. The molecule has 0 radical (unpaired) electrons. The van der Waals surface area contributed by atoms with Gasteiger partial charge in [-0.3, -0.25) is 0 Å². The van der Waals surface area contributed by atoms with Crippen LogP contribution in [0.1, 0.15) is 25.2 Å². The molecule has 1 aliphatic heterocycles. The molecule has 9 heteroatoms. The van der Waals surface area contributed by atoms with Crippen LogP contribution in [0.3, 0.4) is 0 Å². The smallest absolute Gasteiger partial charge is 0.244 e. The fraction of sp³-hybridized carbons (Fsp3) is 0.350. The Morgan fingerprint density at radius 3 is 2.59 bits per heavy atom. The molecule has 7 nitrogen and oxygen atoms in total. The Hall–Kier alpha value is -2.23. The molecule has 0 bridgehead atoms. The van der Waals surface area contributed by atoms with Crippen LogP contribution in [0.5, 0.6) is 0 Å². The number of hydrogen-bond donors (Lipinski definition) is 0. The zero-order valence-electron chi connectivity index (χ0n) is 15.9. The lowest BCUT2D eigenvalue weighted by molar-refractivity contribution is 0.378. The molecule has 1 fully saturated rings. The second-order valence-electron chi connectivity index (χ2n) is 6.77. The fourth-order valence-electron chi connectivity index (χ4n) is 3.14. The van der Waals surface area contributed by atoms with E-state index < -0.39 is 10.0 Å². The van der Waals surface area contributed by atoms with Crippen LogP contribution in [-0.2, 0) is 16.4 Å². The minimum Gasteiger partial charge on any atom is -0.339 e.